The molecule has 0 heterocycles. The normalized spacial score (nSPS) is 35.4. The summed E-state index contributed by atoms with van der Waals surface area (Å²) in [5.41, 5.74) is -2.23. The van der Waals surface area contributed by atoms with Crippen molar-refractivity contribution < 1.29 is 34.4 Å². The first kappa shape index (κ1) is 37.0. The van der Waals surface area contributed by atoms with E-state index in [2.05, 4.69) is 19.1 Å². The fraction of sp³-hybridized carbons (Fsp3) is 0.821. The maximum Gasteiger partial charge on any atom is 0.306 e. The van der Waals surface area contributed by atoms with Crippen LogP contribution in [0.25, 0.3) is 0 Å². The molecule has 1 unspecified atom stereocenters. The largest absolute Gasteiger partial charge is 0.461 e. The van der Waals surface area contributed by atoms with Crippen LogP contribution in [0.5, 0.6) is 0 Å². The van der Waals surface area contributed by atoms with Crippen LogP contribution in [0.1, 0.15) is 149 Å². The van der Waals surface area contributed by atoms with E-state index in [1.807, 2.05) is 13.8 Å². The molecule has 0 aromatic rings. The Balaban J connectivity index is 1.25. The van der Waals surface area contributed by atoms with Crippen LogP contribution < -0.4 is 0 Å². The van der Waals surface area contributed by atoms with Gasteiger partial charge in [-0.3, -0.25) is 14.4 Å². The molecule has 0 aromatic carbocycles. The van der Waals surface area contributed by atoms with Crippen molar-refractivity contribution in [1.29, 1.82) is 0 Å². The second kappa shape index (κ2) is 16.5. The number of esters is 1. The molecular formula is C39H62O7. The zero-order chi connectivity index (χ0) is 33.4. The van der Waals surface area contributed by atoms with Crippen molar-refractivity contribution in [3.05, 3.63) is 23.8 Å². The highest BCUT2D eigenvalue weighted by atomic mass is 16.5. The number of aliphatic hydroxyl groups is 3. The summed E-state index contributed by atoms with van der Waals surface area (Å²) >= 11 is 0. The molecular weight excluding hydrogens is 580 g/mol. The van der Waals surface area contributed by atoms with Crippen molar-refractivity contribution in [2.45, 2.75) is 167 Å². The van der Waals surface area contributed by atoms with Gasteiger partial charge < -0.3 is 20.1 Å². The van der Waals surface area contributed by atoms with Gasteiger partial charge >= 0.3 is 5.97 Å². The molecule has 3 fully saturated rings. The Hall–Kier alpha value is -1.83. The topological polar surface area (TPSA) is 121 Å². The molecule has 0 saturated heterocycles. The molecule has 4 rings (SSSR count). The molecule has 4 aliphatic rings. The maximum atomic E-state index is 13.1. The SMILES string of the molecule is CCCCCCCC/C=C\CCCCCCCC(=O)OC1CC(=O)C=C2CC[C@@H]3[C@H]([C@@H](O)C[C@@]4(C)[C@H]3CC[C@]4(O)C(=O)CO)[C@]21C. The van der Waals surface area contributed by atoms with E-state index in [0.29, 0.717) is 19.3 Å². The van der Waals surface area contributed by atoms with Crippen molar-refractivity contribution in [1.82, 2.24) is 0 Å². The maximum absolute atomic E-state index is 13.1. The molecule has 8 atom stereocenters. The van der Waals surface area contributed by atoms with E-state index in [0.717, 1.165) is 44.1 Å². The highest BCUT2D eigenvalue weighted by molar-refractivity contribution is 5.92. The first-order valence-corrected chi connectivity index (χ1v) is 18.7. The lowest BCUT2D eigenvalue weighted by atomic mass is 9.44. The van der Waals surface area contributed by atoms with Crippen LogP contribution in [0.4, 0.5) is 0 Å². The number of ketones is 2. The summed E-state index contributed by atoms with van der Waals surface area (Å²) in [5.74, 6) is -1.14. The van der Waals surface area contributed by atoms with Gasteiger partial charge in [0.2, 0.25) is 0 Å². The molecule has 260 valence electrons. The fourth-order valence-electron chi connectivity index (χ4n) is 10.0. The van der Waals surface area contributed by atoms with Crippen LogP contribution in [0.3, 0.4) is 0 Å². The van der Waals surface area contributed by atoms with Gasteiger partial charge in [0.05, 0.1) is 6.10 Å². The zero-order valence-corrected chi connectivity index (χ0v) is 28.9. The van der Waals surface area contributed by atoms with E-state index < -0.39 is 41.0 Å². The summed E-state index contributed by atoms with van der Waals surface area (Å²) in [5, 5.41) is 32.9. The second-order valence-electron chi connectivity index (χ2n) is 15.4. The number of fused-ring (bicyclic) bond motifs is 5. The predicted molar refractivity (Wildman–Crippen MR) is 180 cm³/mol. The summed E-state index contributed by atoms with van der Waals surface area (Å²) in [4.78, 5) is 38.6. The van der Waals surface area contributed by atoms with E-state index in [-0.39, 0.29) is 48.8 Å². The number of hydrogen-bond donors (Lipinski definition) is 3. The van der Waals surface area contributed by atoms with Crippen molar-refractivity contribution in [2.24, 2.45) is 28.6 Å². The minimum absolute atomic E-state index is 0.00966. The van der Waals surface area contributed by atoms with E-state index in [1.165, 1.54) is 51.4 Å². The lowest BCUT2D eigenvalue weighted by Gasteiger charge is -2.61. The van der Waals surface area contributed by atoms with Crippen molar-refractivity contribution >= 4 is 17.5 Å². The molecule has 0 radical (unpaired) electrons. The Bertz CT molecular complexity index is 1110. The average molecular weight is 643 g/mol. The molecule has 46 heavy (non-hydrogen) atoms. The standard InChI is InChI=1S/C39H62O7/c1-4-5-6-7-8-9-10-11-12-13-14-15-16-17-18-19-35(44)46-34-25-29(41)24-28-20-21-30-31-22-23-39(45,33(43)27-40)37(31,2)26-32(42)36(30)38(28,34)3/h11-12,24,30-32,34,36,40,42,45H,4-10,13-23,25-27H2,1-3H3/b12-11-/t30-,31-,32-,34?,36+,37-,38+,39-/m0/s1. The number of unbranched alkanes of at least 4 members (excludes halogenated alkanes) is 11. The Kier molecular flexibility index (Phi) is 13.3. The third-order valence-electron chi connectivity index (χ3n) is 12.6. The molecule has 0 aromatic heterocycles. The van der Waals surface area contributed by atoms with E-state index >= 15 is 0 Å². The summed E-state index contributed by atoms with van der Waals surface area (Å²) in [6.07, 6.45) is 23.3. The van der Waals surface area contributed by atoms with Gasteiger partial charge in [-0.15, -0.1) is 0 Å². The minimum Gasteiger partial charge on any atom is -0.461 e. The van der Waals surface area contributed by atoms with E-state index in [9.17, 15) is 29.7 Å². The Morgan fingerprint density at radius 2 is 1.59 bits per heavy atom. The molecule has 3 N–H and O–H groups in total. The van der Waals surface area contributed by atoms with Crippen molar-refractivity contribution in [2.75, 3.05) is 6.61 Å². The quantitative estimate of drug-likeness (QED) is 0.0813. The second-order valence-corrected chi connectivity index (χ2v) is 15.4. The number of allylic oxidation sites excluding steroid dienone is 2. The molecule has 7 nitrogen and oxygen atoms in total. The summed E-state index contributed by atoms with van der Waals surface area (Å²) < 4.78 is 6.13. The number of Topliss-reactive ketones (excluding diaryl/α,β-unsaturated/α-hetero) is 1. The van der Waals surface area contributed by atoms with Gasteiger partial charge in [0.25, 0.3) is 0 Å². The van der Waals surface area contributed by atoms with Gasteiger partial charge in [0, 0.05) is 29.6 Å². The minimum atomic E-state index is -1.66. The van der Waals surface area contributed by atoms with Crippen LogP contribution in [0.2, 0.25) is 0 Å². The van der Waals surface area contributed by atoms with Gasteiger partial charge in [-0.25, -0.2) is 0 Å². The predicted octanol–water partition coefficient (Wildman–Crippen LogP) is 7.34. The van der Waals surface area contributed by atoms with Crippen LogP contribution in [0, 0.1) is 28.6 Å². The lowest BCUT2D eigenvalue weighted by molar-refractivity contribution is -0.197. The van der Waals surface area contributed by atoms with Gasteiger partial charge in [-0.1, -0.05) is 89.9 Å². The first-order chi connectivity index (χ1) is 22.0. The average Bonchev–Trinajstić information content (AvgIpc) is 3.29. The molecule has 0 aliphatic heterocycles. The third kappa shape index (κ3) is 7.73. The van der Waals surface area contributed by atoms with Crippen LogP contribution in [-0.4, -0.2) is 57.3 Å². The van der Waals surface area contributed by atoms with Gasteiger partial charge in [-0.05, 0) is 82.1 Å². The third-order valence-corrected chi connectivity index (χ3v) is 12.6. The Labute approximate surface area is 277 Å². The fourth-order valence-corrected chi connectivity index (χ4v) is 10.0. The molecule has 7 heteroatoms. The van der Waals surface area contributed by atoms with Gasteiger partial charge in [0.15, 0.2) is 11.6 Å². The number of carbonyl (C=O) groups is 3. The number of carbonyl (C=O) groups excluding carboxylic acids is 3. The molecule has 0 spiro atoms. The van der Waals surface area contributed by atoms with Gasteiger partial charge in [0.1, 0.15) is 18.3 Å². The molecule has 4 aliphatic carbocycles. The van der Waals surface area contributed by atoms with Crippen LogP contribution in [0.15, 0.2) is 23.8 Å². The molecule has 0 bridgehead atoms. The van der Waals surface area contributed by atoms with Crippen LogP contribution in [-0.2, 0) is 19.1 Å². The van der Waals surface area contributed by atoms with E-state index in [1.54, 1.807) is 6.08 Å². The molecule has 3 saturated carbocycles. The highest BCUT2D eigenvalue weighted by Gasteiger charge is 2.69. The number of aliphatic hydroxyl groups excluding tert-OH is 2. The molecule has 0 amide bonds. The Morgan fingerprint density at radius 3 is 2.24 bits per heavy atom. The van der Waals surface area contributed by atoms with E-state index in [4.69, 9.17) is 4.74 Å². The van der Waals surface area contributed by atoms with Crippen molar-refractivity contribution in [3.63, 3.8) is 0 Å². The summed E-state index contributed by atoms with van der Waals surface area (Å²) in [7, 11) is 0. The zero-order valence-electron chi connectivity index (χ0n) is 28.9. The van der Waals surface area contributed by atoms with Gasteiger partial charge in [-0.2, -0.15) is 0 Å². The summed E-state index contributed by atoms with van der Waals surface area (Å²) in [6.45, 7) is 5.47. The number of hydrogen-bond acceptors (Lipinski definition) is 7. The number of rotatable bonds is 18. The Morgan fingerprint density at radius 1 is 0.957 bits per heavy atom. The lowest BCUT2D eigenvalue weighted by Crippen LogP contribution is -2.64. The van der Waals surface area contributed by atoms with Crippen molar-refractivity contribution in [3.8, 4) is 0 Å². The van der Waals surface area contributed by atoms with Crippen LogP contribution >= 0.6 is 0 Å². The smallest absolute Gasteiger partial charge is 0.306 e. The monoisotopic (exact) mass is 642 g/mol. The summed E-state index contributed by atoms with van der Waals surface area (Å²) in [6, 6.07) is 0. The highest BCUT2D eigenvalue weighted by Crippen LogP contribution is 2.67. The first-order valence-electron chi connectivity index (χ1n) is 18.7. The number of ether oxygens (including phenoxy) is 1.